The molecule has 0 unspecified atom stereocenters. The van der Waals surface area contributed by atoms with Crippen LogP contribution < -0.4 is 0 Å². The predicted molar refractivity (Wildman–Crippen MR) is 56.1 cm³/mol. The minimum atomic E-state index is -0.0186. The van der Waals surface area contributed by atoms with E-state index >= 15 is 0 Å². The molecule has 3 heteroatoms. The van der Waals surface area contributed by atoms with Crippen LogP contribution in [0.15, 0.2) is 30.7 Å². The second kappa shape index (κ2) is 4.56. The average Bonchev–Trinajstić information content (AvgIpc) is 2.14. The molecule has 0 aliphatic rings. The van der Waals surface area contributed by atoms with Crippen molar-refractivity contribution in [3.8, 4) is 0 Å². The molecule has 3 nitrogen and oxygen atoms in total. The lowest BCUT2D eigenvalue weighted by molar-refractivity contribution is 0.104. The highest BCUT2D eigenvalue weighted by molar-refractivity contribution is 6.04. The zero-order valence-electron chi connectivity index (χ0n) is 8.69. The monoisotopic (exact) mass is 190 g/mol. The van der Waals surface area contributed by atoms with Crippen molar-refractivity contribution in [3.63, 3.8) is 0 Å². The van der Waals surface area contributed by atoms with Gasteiger partial charge in [-0.25, -0.2) is 0 Å². The lowest BCUT2D eigenvalue weighted by atomic mass is 10.1. The van der Waals surface area contributed by atoms with Gasteiger partial charge in [-0.15, -0.1) is 0 Å². The van der Waals surface area contributed by atoms with Gasteiger partial charge in [0.25, 0.3) is 0 Å². The molecule has 74 valence electrons. The normalized spacial score (nSPS) is 10.5. The summed E-state index contributed by atoms with van der Waals surface area (Å²) in [6.07, 6.45) is 6.57. The number of aromatic nitrogens is 1. The molecule has 14 heavy (non-hydrogen) atoms. The maximum atomic E-state index is 11.5. The number of hydrogen-bond donors (Lipinski definition) is 0. The molecule has 0 aliphatic heterocycles. The average molecular weight is 190 g/mol. The topological polar surface area (TPSA) is 33.2 Å². The summed E-state index contributed by atoms with van der Waals surface area (Å²) in [6, 6.07) is 1.83. The maximum absolute atomic E-state index is 11.5. The Bertz CT molecular complexity index is 356. The maximum Gasteiger partial charge on any atom is 0.188 e. The van der Waals surface area contributed by atoms with Crippen LogP contribution in [0.4, 0.5) is 0 Å². The summed E-state index contributed by atoms with van der Waals surface area (Å²) in [5, 5.41) is 0. The van der Waals surface area contributed by atoms with Gasteiger partial charge < -0.3 is 4.90 Å². The Balaban J connectivity index is 2.80. The molecule has 0 saturated heterocycles. The molecule has 0 bridgehead atoms. The van der Waals surface area contributed by atoms with Gasteiger partial charge in [-0.1, -0.05) is 0 Å². The lowest BCUT2D eigenvalue weighted by Crippen LogP contribution is -2.03. The Morgan fingerprint density at radius 1 is 1.43 bits per heavy atom. The van der Waals surface area contributed by atoms with E-state index in [1.807, 2.05) is 32.0 Å². The van der Waals surface area contributed by atoms with E-state index in [0.717, 1.165) is 5.56 Å². The van der Waals surface area contributed by atoms with Crippen LogP contribution in [0.1, 0.15) is 15.9 Å². The first kappa shape index (κ1) is 10.4. The Hall–Kier alpha value is -1.64. The number of allylic oxidation sites excluding steroid dienone is 1. The molecule has 1 aromatic rings. The summed E-state index contributed by atoms with van der Waals surface area (Å²) in [7, 11) is 3.75. The van der Waals surface area contributed by atoms with E-state index in [0.29, 0.717) is 5.56 Å². The molecule has 0 atom stereocenters. The number of nitrogens with zero attached hydrogens (tertiary/aromatic N) is 2. The minimum Gasteiger partial charge on any atom is -0.383 e. The van der Waals surface area contributed by atoms with Gasteiger partial charge in [0.1, 0.15) is 0 Å². The molecule has 0 amide bonds. The van der Waals surface area contributed by atoms with Gasteiger partial charge in [0, 0.05) is 44.3 Å². The first-order valence-electron chi connectivity index (χ1n) is 4.40. The number of carbonyl (C=O) groups excluding carboxylic acids is 1. The number of ketones is 1. The van der Waals surface area contributed by atoms with Crippen LogP contribution in [0, 0.1) is 6.92 Å². The fraction of sp³-hybridized carbons (Fsp3) is 0.273. The molecule has 1 aromatic heterocycles. The van der Waals surface area contributed by atoms with E-state index in [4.69, 9.17) is 0 Å². The smallest absolute Gasteiger partial charge is 0.188 e. The van der Waals surface area contributed by atoms with Crippen LogP contribution in [0.25, 0.3) is 0 Å². The van der Waals surface area contributed by atoms with Crippen molar-refractivity contribution in [3.05, 3.63) is 41.9 Å². The molecule has 0 N–H and O–H groups in total. The number of hydrogen-bond acceptors (Lipinski definition) is 3. The Kier molecular flexibility index (Phi) is 3.40. The fourth-order valence-corrected chi connectivity index (χ4v) is 1.00. The number of pyridine rings is 1. The van der Waals surface area contributed by atoms with E-state index in [1.165, 1.54) is 6.08 Å². The fourth-order valence-electron chi connectivity index (χ4n) is 1.00. The van der Waals surface area contributed by atoms with Gasteiger partial charge in [-0.2, -0.15) is 0 Å². The van der Waals surface area contributed by atoms with Gasteiger partial charge >= 0.3 is 0 Å². The van der Waals surface area contributed by atoms with Gasteiger partial charge in [0.15, 0.2) is 5.78 Å². The van der Waals surface area contributed by atoms with Crippen molar-refractivity contribution in [1.29, 1.82) is 0 Å². The van der Waals surface area contributed by atoms with E-state index in [1.54, 1.807) is 18.6 Å². The highest BCUT2D eigenvalue weighted by Crippen LogP contribution is 2.03. The third-order valence-electron chi connectivity index (χ3n) is 1.68. The van der Waals surface area contributed by atoms with Crippen LogP contribution in [-0.2, 0) is 0 Å². The van der Waals surface area contributed by atoms with Crippen LogP contribution in [0.3, 0.4) is 0 Å². The number of aryl methyl sites for hydroxylation is 1. The highest BCUT2D eigenvalue weighted by Gasteiger charge is 2.01. The van der Waals surface area contributed by atoms with Gasteiger partial charge in [-0.3, -0.25) is 9.78 Å². The van der Waals surface area contributed by atoms with Crippen molar-refractivity contribution < 1.29 is 4.79 Å². The molecule has 0 radical (unpaired) electrons. The highest BCUT2D eigenvalue weighted by atomic mass is 16.1. The third-order valence-corrected chi connectivity index (χ3v) is 1.68. The summed E-state index contributed by atoms with van der Waals surface area (Å²) >= 11 is 0. The van der Waals surface area contributed by atoms with Crippen molar-refractivity contribution in [2.24, 2.45) is 0 Å². The Morgan fingerprint density at radius 2 is 2.14 bits per heavy atom. The predicted octanol–water partition coefficient (Wildman–Crippen LogP) is 1.65. The first-order valence-corrected chi connectivity index (χ1v) is 4.40. The van der Waals surface area contributed by atoms with Crippen molar-refractivity contribution >= 4 is 5.78 Å². The second-order valence-electron chi connectivity index (χ2n) is 3.39. The second-order valence-corrected chi connectivity index (χ2v) is 3.39. The van der Waals surface area contributed by atoms with Crippen molar-refractivity contribution in [1.82, 2.24) is 9.88 Å². The van der Waals surface area contributed by atoms with E-state index in [-0.39, 0.29) is 5.78 Å². The molecule has 0 spiro atoms. The zero-order chi connectivity index (χ0) is 10.6. The SMILES string of the molecule is Cc1cncc(C(=O)C=CN(C)C)c1. The molecule has 1 heterocycles. The van der Waals surface area contributed by atoms with Gasteiger partial charge in [0.05, 0.1) is 0 Å². The van der Waals surface area contributed by atoms with E-state index in [9.17, 15) is 4.79 Å². The first-order chi connectivity index (χ1) is 6.59. The number of rotatable bonds is 3. The summed E-state index contributed by atoms with van der Waals surface area (Å²) in [5.74, 6) is -0.0186. The quantitative estimate of drug-likeness (QED) is 0.536. The minimum absolute atomic E-state index is 0.0186. The standard InChI is InChI=1S/C11H14N2O/c1-9-6-10(8-12-7-9)11(14)4-5-13(2)3/h4-8H,1-3H3. The molecular formula is C11H14N2O. The van der Waals surface area contributed by atoms with Crippen LogP contribution in [0.5, 0.6) is 0 Å². The molecule has 0 fully saturated rings. The van der Waals surface area contributed by atoms with Crippen molar-refractivity contribution in [2.45, 2.75) is 6.92 Å². The van der Waals surface area contributed by atoms with Crippen LogP contribution in [0.2, 0.25) is 0 Å². The van der Waals surface area contributed by atoms with Gasteiger partial charge in [-0.05, 0) is 18.6 Å². The number of carbonyl (C=O) groups is 1. The molecule has 0 aromatic carbocycles. The Morgan fingerprint density at radius 3 is 2.71 bits per heavy atom. The van der Waals surface area contributed by atoms with Crippen molar-refractivity contribution in [2.75, 3.05) is 14.1 Å². The summed E-state index contributed by atoms with van der Waals surface area (Å²) in [4.78, 5) is 17.3. The molecule has 0 saturated carbocycles. The molecular weight excluding hydrogens is 176 g/mol. The summed E-state index contributed by atoms with van der Waals surface area (Å²) in [5.41, 5.74) is 1.62. The van der Waals surface area contributed by atoms with E-state index in [2.05, 4.69) is 4.98 Å². The summed E-state index contributed by atoms with van der Waals surface area (Å²) < 4.78 is 0. The third kappa shape index (κ3) is 3.01. The van der Waals surface area contributed by atoms with Crippen LogP contribution in [-0.4, -0.2) is 29.8 Å². The van der Waals surface area contributed by atoms with Crippen LogP contribution >= 0.6 is 0 Å². The largest absolute Gasteiger partial charge is 0.383 e. The Labute approximate surface area is 84.1 Å². The molecule has 0 aliphatic carbocycles. The summed E-state index contributed by atoms with van der Waals surface area (Å²) in [6.45, 7) is 1.92. The van der Waals surface area contributed by atoms with Gasteiger partial charge in [0.2, 0.25) is 0 Å². The van der Waals surface area contributed by atoms with E-state index < -0.39 is 0 Å². The zero-order valence-corrected chi connectivity index (χ0v) is 8.69. The lowest BCUT2D eigenvalue weighted by Gasteiger charge is -2.02. The molecule has 1 rings (SSSR count).